The Balaban J connectivity index is 1.60. The molecule has 120 valence electrons. The van der Waals surface area contributed by atoms with Crippen molar-refractivity contribution in [2.45, 2.75) is 5.75 Å². The summed E-state index contributed by atoms with van der Waals surface area (Å²) in [6.45, 7) is 0. The summed E-state index contributed by atoms with van der Waals surface area (Å²) in [6.07, 6.45) is 2.94. The standard InChI is InChI=1S/C17H15N5OS/c18-17(24-11-13-5-2-1-3-6-13)21-20-10-14-7-4-8-15(9-14)16-19-12-23-22-16/h1-10,12H,11H2,(H2,18,21). The van der Waals surface area contributed by atoms with Crippen molar-refractivity contribution in [2.75, 3.05) is 0 Å². The molecule has 0 saturated heterocycles. The Labute approximate surface area is 143 Å². The van der Waals surface area contributed by atoms with E-state index in [1.165, 1.54) is 23.7 Å². The van der Waals surface area contributed by atoms with Gasteiger partial charge < -0.3 is 10.3 Å². The zero-order valence-corrected chi connectivity index (χ0v) is 13.6. The average Bonchev–Trinajstić information content (AvgIpc) is 3.16. The zero-order chi connectivity index (χ0) is 16.6. The van der Waals surface area contributed by atoms with Gasteiger partial charge in [-0.1, -0.05) is 65.4 Å². The highest BCUT2D eigenvalue weighted by molar-refractivity contribution is 8.13. The van der Waals surface area contributed by atoms with Gasteiger partial charge in [-0.25, -0.2) is 0 Å². The fourth-order valence-corrected chi connectivity index (χ4v) is 2.58. The number of hydrogen-bond donors (Lipinski definition) is 1. The predicted molar refractivity (Wildman–Crippen MR) is 96.7 cm³/mol. The van der Waals surface area contributed by atoms with Crippen LogP contribution < -0.4 is 5.73 Å². The summed E-state index contributed by atoms with van der Waals surface area (Å²) < 4.78 is 4.75. The summed E-state index contributed by atoms with van der Waals surface area (Å²) in [6, 6.07) is 17.7. The van der Waals surface area contributed by atoms with Gasteiger partial charge in [-0.15, -0.1) is 5.10 Å². The van der Waals surface area contributed by atoms with E-state index < -0.39 is 0 Å². The number of amidine groups is 1. The Morgan fingerprint density at radius 3 is 2.83 bits per heavy atom. The second kappa shape index (κ2) is 8.07. The quantitative estimate of drug-likeness (QED) is 0.438. The first-order chi connectivity index (χ1) is 11.8. The molecule has 0 bridgehead atoms. The maximum atomic E-state index is 5.86. The topological polar surface area (TPSA) is 89.7 Å². The van der Waals surface area contributed by atoms with Gasteiger partial charge in [0.1, 0.15) is 0 Å². The molecule has 1 heterocycles. The van der Waals surface area contributed by atoms with Gasteiger partial charge in [-0.2, -0.15) is 10.1 Å². The van der Waals surface area contributed by atoms with E-state index in [0.29, 0.717) is 11.0 Å². The van der Waals surface area contributed by atoms with Gasteiger partial charge in [0.2, 0.25) is 12.2 Å². The van der Waals surface area contributed by atoms with Crippen LogP contribution in [0.25, 0.3) is 11.4 Å². The van der Waals surface area contributed by atoms with Gasteiger partial charge in [0, 0.05) is 11.3 Å². The molecule has 3 aromatic rings. The molecule has 7 heteroatoms. The fourth-order valence-electron chi connectivity index (χ4n) is 1.97. The van der Waals surface area contributed by atoms with Gasteiger partial charge in [-0.3, -0.25) is 0 Å². The summed E-state index contributed by atoms with van der Waals surface area (Å²) in [5, 5.41) is 12.3. The van der Waals surface area contributed by atoms with Crippen molar-refractivity contribution in [3.05, 3.63) is 72.1 Å². The number of nitrogens with two attached hydrogens (primary N) is 1. The van der Waals surface area contributed by atoms with E-state index in [1.54, 1.807) is 6.21 Å². The van der Waals surface area contributed by atoms with Crippen LogP contribution in [-0.2, 0) is 5.75 Å². The van der Waals surface area contributed by atoms with Crippen molar-refractivity contribution >= 4 is 23.1 Å². The Hall–Kier alpha value is -2.93. The first kappa shape index (κ1) is 15.9. The van der Waals surface area contributed by atoms with Crippen molar-refractivity contribution in [3.8, 4) is 11.4 Å². The van der Waals surface area contributed by atoms with E-state index in [-0.39, 0.29) is 0 Å². The number of rotatable bonds is 5. The molecule has 0 fully saturated rings. The molecule has 1 aromatic heterocycles. The van der Waals surface area contributed by atoms with E-state index in [9.17, 15) is 0 Å². The van der Waals surface area contributed by atoms with Crippen LogP contribution in [0.5, 0.6) is 0 Å². The summed E-state index contributed by atoms with van der Waals surface area (Å²) in [5.41, 5.74) is 8.78. The van der Waals surface area contributed by atoms with Gasteiger partial charge in [0.15, 0.2) is 5.17 Å². The third-order valence-corrected chi connectivity index (χ3v) is 3.95. The molecule has 0 amide bonds. The van der Waals surface area contributed by atoms with Crippen molar-refractivity contribution in [1.82, 2.24) is 10.1 Å². The van der Waals surface area contributed by atoms with Gasteiger partial charge in [-0.05, 0) is 17.2 Å². The highest BCUT2D eigenvalue weighted by atomic mass is 32.2. The lowest BCUT2D eigenvalue weighted by atomic mass is 10.1. The maximum Gasteiger partial charge on any atom is 0.214 e. The maximum absolute atomic E-state index is 5.86. The number of hydrogen-bond acceptors (Lipinski definition) is 6. The Kier molecular flexibility index (Phi) is 5.36. The molecule has 0 aliphatic heterocycles. The lowest BCUT2D eigenvalue weighted by Gasteiger charge is -1.99. The summed E-state index contributed by atoms with van der Waals surface area (Å²) in [5.74, 6) is 1.30. The first-order valence-electron chi connectivity index (χ1n) is 7.21. The predicted octanol–water partition coefficient (Wildman–Crippen LogP) is 3.32. The molecular weight excluding hydrogens is 322 g/mol. The Morgan fingerprint density at radius 1 is 1.17 bits per heavy atom. The van der Waals surface area contributed by atoms with Crippen LogP contribution in [-0.4, -0.2) is 21.5 Å². The molecule has 6 nitrogen and oxygen atoms in total. The number of nitrogens with zero attached hydrogens (tertiary/aromatic N) is 4. The van der Waals surface area contributed by atoms with Crippen LogP contribution in [0.4, 0.5) is 0 Å². The summed E-state index contributed by atoms with van der Waals surface area (Å²) in [7, 11) is 0. The number of benzene rings is 2. The van der Waals surface area contributed by atoms with Crippen molar-refractivity contribution in [1.29, 1.82) is 0 Å². The molecule has 0 spiro atoms. The second-order valence-corrected chi connectivity index (χ2v) is 5.83. The van der Waals surface area contributed by atoms with Gasteiger partial charge >= 0.3 is 0 Å². The highest BCUT2D eigenvalue weighted by Gasteiger charge is 2.02. The van der Waals surface area contributed by atoms with Gasteiger partial charge in [0.25, 0.3) is 0 Å². The first-order valence-corrected chi connectivity index (χ1v) is 8.20. The monoisotopic (exact) mass is 337 g/mol. The Morgan fingerprint density at radius 2 is 2.04 bits per heavy atom. The summed E-state index contributed by atoms with van der Waals surface area (Å²) in [4.78, 5) is 4.02. The van der Waals surface area contributed by atoms with Crippen molar-refractivity contribution in [3.63, 3.8) is 0 Å². The van der Waals surface area contributed by atoms with Crippen molar-refractivity contribution < 1.29 is 4.52 Å². The molecule has 24 heavy (non-hydrogen) atoms. The smallest absolute Gasteiger partial charge is 0.214 e. The van der Waals surface area contributed by atoms with Crippen LogP contribution in [0.3, 0.4) is 0 Å². The zero-order valence-electron chi connectivity index (χ0n) is 12.7. The van der Waals surface area contributed by atoms with E-state index in [2.05, 4.69) is 20.3 Å². The molecule has 0 unspecified atom stereocenters. The van der Waals surface area contributed by atoms with Gasteiger partial charge in [0.05, 0.1) is 6.21 Å². The highest BCUT2D eigenvalue weighted by Crippen LogP contribution is 2.15. The molecule has 0 aliphatic carbocycles. The summed E-state index contributed by atoms with van der Waals surface area (Å²) >= 11 is 1.45. The normalized spacial score (nSPS) is 11.9. The molecule has 3 rings (SSSR count). The van der Waals surface area contributed by atoms with E-state index in [0.717, 1.165) is 16.9 Å². The fraction of sp³-hybridized carbons (Fsp3) is 0.0588. The van der Waals surface area contributed by atoms with Crippen LogP contribution in [0, 0.1) is 0 Å². The van der Waals surface area contributed by atoms with E-state index in [4.69, 9.17) is 10.3 Å². The second-order valence-electron chi connectivity index (χ2n) is 4.84. The number of thioether (sulfide) groups is 1. The molecule has 0 aliphatic rings. The molecule has 0 saturated carbocycles. The third kappa shape index (κ3) is 4.53. The molecular formula is C17H15N5OS. The molecule has 0 radical (unpaired) electrons. The Bertz CT molecular complexity index is 831. The van der Waals surface area contributed by atoms with Crippen LogP contribution in [0.15, 0.2) is 75.7 Å². The minimum Gasteiger partial charge on any atom is -0.377 e. The lowest BCUT2D eigenvalue weighted by molar-refractivity contribution is 0.419. The molecule has 2 N–H and O–H groups in total. The number of aromatic nitrogens is 2. The van der Waals surface area contributed by atoms with Crippen LogP contribution in [0.1, 0.15) is 11.1 Å². The minimum absolute atomic E-state index is 0.421. The molecule has 2 aromatic carbocycles. The lowest BCUT2D eigenvalue weighted by Crippen LogP contribution is -2.05. The van der Waals surface area contributed by atoms with E-state index in [1.807, 2.05) is 54.6 Å². The van der Waals surface area contributed by atoms with E-state index >= 15 is 0 Å². The SMILES string of the molecule is NC(=NN=Cc1cccc(-c2ncon2)c1)SCc1ccccc1. The van der Waals surface area contributed by atoms with Crippen LogP contribution in [0.2, 0.25) is 0 Å². The van der Waals surface area contributed by atoms with Crippen LogP contribution >= 0.6 is 11.8 Å². The third-order valence-electron chi connectivity index (χ3n) is 3.10. The average molecular weight is 337 g/mol. The minimum atomic E-state index is 0.421. The van der Waals surface area contributed by atoms with Crippen molar-refractivity contribution in [2.24, 2.45) is 15.9 Å². The largest absolute Gasteiger partial charge is 0.377 e. The molecule has 0 atom stereocenters.